The molecule has 2 heterocycles. The highest BCUT2D eigenvalue weighted by Gasteiger charge is 2.30. The van der Waals surface area contributed by atoms with Crippen molar-refractivity contribution in [1.82, 2.24) is 14.9 Å². The standard InChI is InChI=1S/C26H28F3IN6O2/c1-17-12-19(18-4-3-5-21(14-18)26(27,28)29)13-20(23(17)38)15-32-34-25-31-16-22(30-2)24(33-25)36-8-6-35(7-9-36)10-11-37/h3-5,12-16,37-38H,2,6-11H2,1H3,(H,31,33,34)/b32-15+. The molecule has 1 saturated heterocycles. The Morgan fingerprint density at radius 1 is 1.16 bits per heavy atom. The number of nitrogens with one attached hydrogen (secondary N) is 1. The van der Waals surface area contributed by atoms with Gasteiger partial charge in [0.25, 0.3) is 0 Å². The van der Waals surface area contributed by atoms with Crippen molar-refractivity contribution in [1.29, 1.82) is 0 Å². The molecular weight excluding hydrogens is 612 g/mol. The molecule has 3 aromatic rings. The number of anilines is 2. The monoisotopic (exact) mass is 640 g/mol. The average molecular weight is 640 g/mol. The molecule has 202 valence electrons. The summed E-state index contributed by atoms with van der Waals surface area (Å²) in [6.45, 7) is 5.64. The van der Waals surface area contributed by atoms with Crippen molar-refractivity contribution in [3.05, 3.63) is 62.9 Å². The van der Waals surface area contributed by atoms with Crippen LogP contribution in [0.5, 0.6) is 5.75 Å². The Balaban J connectivity index is 1.53. The van der Waals surface area contributed by atoms with E-state index < -0.39 is 32.5 Å². The fourth-order valence-corrected chi connectivity index (χ4v) is 5.30. The van der Waals surface area contributed by atoms with Crippen molar-refractivity contribution in [2.45, 2.75) is 13.1 Å². The maximum absolute atomic E-state index is 13.2. The predicted octanol–water partition coefficient (Wildman–Crippen LogP) is 4.31. The summed E-state index contributed by atoms with van der Waals surface area (Å²) in [6, 6.07) is 8.26. The number of benzene rings is 2. The minimum absolute atomic E-state index is 0.0224. The number of hydrazone groups is 1. The normalized spacial score (nSPS) is 14.8. The first kappa shape index (κ1) is 27.9. The van der Waals surface area contributed by atoms with Crippen LogP contribution in [0.2, 0.25) is 0 Å². The maximum Gasteiger partial charge on any atom is 0.416 e. The third-order valence-electron chi connectivity index (χ3n) is 6.18. The van der Waals surface area contributed by atoms with Crippen LogP contribution < -0.4 is 10.3 Å². The van der Waals surface area contributed by atoms with E-state index in [9.17, 15) is 23.4 Å². The molecular formula is C26H28F3IN6O2. The van der Waals surface area contributed by atoms with E-state index in [1.165, 1.54) is 12.3 Å². The van der Waals surface area contributed by atoms with Gasteiger partial charge in [0.2, 0.25) is 5.95 Å². The van der Waals surface area contributed by atoms with Gasteiger partial charge < -0.3 is 15.1 Å². The average Bonchev–Trinajstić information content (AvgIpc) is 2.91. The van der Waals surface area contributed by atoms with Gasteiger partial charge in [-0.25, -0.2) is 10.4 Å². The molecule has 0 unspecified atom stereocenters. The van der Waals surface area contributed by atoms with E-state index in [-0.39, 0.29) is 18.3 Å². The van der Waals surface area contributed by atoms with E-state index in [2.05, 4.69) is 34.8 Å². The molecule has 0 amide bonds. The number of nitrogens with zero attached hydrogens (tertiary/aromatic N) is 5. The molecule has 38 heavy (non-hydrogen) atoms. The Labute approximate surface area is 228 Å². The van der Waals surface area contributed by atoms with Gasteiger partial charge in [0.05, 0.1) is 22.0 Å². The minimum Gasteiger partial charge on any atom is -0.507 e. The number of phenols is 1. The highest BCUT2D eigenvalue weighted by molar-refractivity contribution is 14.2. The Morgan fingerprint density at radius 3 is 2.61 bits per heavy atom. The molecule has 1 fully saturated rings. The summed E-state index contributed by atoms with van der Waals surface area (Å²) in [7, 11) is 0. The number of halogens is 4. The largest absolute Gasteiger partial charge is 0.507 e. The van der Waals surface area contributed by atoms with Gasteiger partial charge in [0.1, 0.15) is 11.6 Å². The molecule has 2 aromatic carbocycles. The van der Waals surface area contributed by atoms with Crippen LogP contribution >= 0.6 is 20.7 Å². The fourth-order valence-electron chi connectivity index (χ4n) is 4.16. The zero-order chi connectivity index (χ0) is 27.3. The number of hydrogen-bond acceptors (Lipinski definition) is 8. The van der Waals surface area contributed by atoms with Gasteiger partial charge in [0, 0.05) is 44.5 Å². The topological polar surface area (TPSA) is 97.1 Å². The van der Waals surface area contributed by atoms with Crippen molar-refractivity contribution in [3.8, 4) is 16.9 Å². The van der Waals surface area contributed by atoms with Gasteiger partial charge in [-0.1, -0.05) is 37.4 Å². The number of aliphatic hydroxyl groups is 1. The van der Waals surface area contributed by atoms with Crippen LogP contribution in [0.3, 0.4) is 0 Å². The Bertz CT molecular complexity index is 1330. The van der Waals surface area contributed by atoms with E-state index in [0.717, 1.165) is 47.7 Å². The van der Waals surface area contributed by atoms with Gasteiger partial charge >= 0.3 is 6.18 Å². The van der Waals surface area contributed by atoms with E-state index in [0.29, 0.717) is 28.8 Å². The SMILES string of the molecule is C=Ic1cnc(N/N=C/c2cc(-c3cccc(C(F)(F)F)c3)cc(C)c2O)nc1N1CCN(CCO)CC1. The van der Waals surface area contributed by atoms with Crippen LogP contribution in [0, 0.1) is 10.5 Å². The molecule has 4 rings (SSSR count). The Kier molecular flexibility index (Phi) is 8.95. The fraction of sp³-hybridized carbons (Fsp3) is 0.308. The van der Waals surface area contributed by atoms with Crippen LogP contribution in [0.1, 0.15) is 16.7 Å². The maximum atomic E-state index is 13.2. The highest BCUT2D eigenvalue weighted by Crippen LogP contribution is 2.34. The lowest BCUT2D eigenvalue weighted by atomic mass is 9.98. The smallest absolute Gasteiger partial charge is 0.416 e. The van der Waals surface area contributed by atoms with Crippen molar-refractivity contribution in [2.75, 3.05) is 49.7 Å². The van der Waals surface area contributed by atoms with Crippen molar-refractivity contribution in [2.24, 2.45) is 5.10 Å². The summed E-state index contributed by atoms with van der Waals surface area (Å²) < 4.78 is 44.6. The number of aromatic hydroxyl groups is 1. The summed E-state index contributed by atoms with van der Waals surface area (Å²) >= 11 is -0.505. The molecule has 0 atom stereocenters. The number of rotatable bonds is 8. The molecule has 3 N–H and O–H groups in total. The summed E-state index contributed by atoms with van der Waals surface area (Å²) in [5.41, 5.74) is 3.80. The van der Waals surface area contributed by atoms with Crippen LogP contribution in [-0.4, -0.2) is 75.1 Å². The first-order valence-corrected chi connectivity index (χ1v) is 14.4. The predicted molar refractivity (Wildman–Crippen MR) is 152 cm³/mol. The molecule has 0 bridgehead atoms. The molecule has 0 saturated carbocycles. The third-order valence-corrected chi connectivity index (χ3v) is 7.76. The molecule has 0 radical (unpaired) electrons. The number of aromatic nitrogens is 2. The Hall–Kier alpha value is -3.10. The van der Waals surface area contributed by atoms with Gasteiger partial charge in [0.15, 0.2) is 0 Å². The van der Waals surface area contributed by atoms with Gasteiger partial charge in [-0.15, -0.1) is 0 Å². The number of phenolic OH excluding ortho intramolecular Hbond substituents is 1. The summed E-state index contributed by atoms with van der Waals surface area (Å²) in [6.07, 6.45) is -1.32. The summed E-state index contributed by atoms with van der Waals surface area (Å²) in [5.74, 6) is 1.07. The molecule has 12 heteroatoms. The highest BCUT2D eigenvalue weighted by atomic mass is 127. The van der Waals surface area contributed by atoms with E-state index in [1.54, 1.807) is 31.3 Å². The molecule has 8 nitrogen and oxygen atoms in total. The minimum atomic E-state index is -4.45. The van der Waals surface area contributed by atoms with Crippen LogP contribution in [0.25, 0.3) is 11.1 Å². The quantitative estimate of drug-likeness (QED) is 0.192. The third kappa shape index (κ3) is 6.66. The molecule has 0 aliphatic carbocycles. The number of β-amino-alcohol motifs (C(OH)–C–C–N with tert-alkyl or cyclic N) is 1. The van der Waals surface area contributed by atoms with Crippen LogP contribution in [-0.2, 0) is 6.18 Å². The molecule has 1 aromatic heterocycles. The van der Waals surface area contributed by atoms with E-state index >= 15 is 0 Å². The number of aliphatic hydroxyl groups excluding tert-OH is 1. The van der Waals surface area contributed by atoms with Crippen molar-refractivity contribution >= 4 is 43.2 Å². The van der Waals surface area contributed by atoms with E-state index in [4.69, 9.17) is 0 Å². The van der Waals surface area contributed by atoms with E-state index in [1.807, 2.05) is 0 Å². The first-order valence-electron chi connectivity index (χ1n) is 11.8. The summed E-state index contributed by atoms with van der Waals surface area (Å²) in [5, 5.41) is 23.9. The Morgan fingerprint density at radius 2 is 1.92 bits per heavy atom. The molecule has 1 aliphatic heterocycles. The molecule has 0 spiro atoms. The summed E-state index contributed by atoms with van der Waals surface area (Å²) in [4.78, 5) is 13.4. The lowest BCUT2D eigenvalue weighted by Crippen LogP contribution is -2.47. The number of alkyl halides is 3. The number of aryl methyl sites for hydroxylation is 1. The zero-order valence-corrected chi connectivity index (χ0v) is 22.9. The van der Waals surface area contributed by atoms with Crippen molar-refractivity contribution in [3.63, 3.8) is 0 Å². The van der Waals surface area contributed by atoms with Crippen LogP contribution in [0.4, 0.5) is 24.9 Å². The van der Waals surface area contributed by atoms with Crippen molar-refractivity contribution < 1.29 is 23.4 Å². The number of piperazine rings is 1. The second-order valence-electron chi connectivity index (χ2n) is 8.73. The lowest BCUT2D eigenvalue weighted by Gasteiger charge is -2.35. The van der Waals surface area contributed by atoms with Gasteiger partial charge in [-0.05, 0) is 47.9 Å². The first-order chi connectivity index (χ1) is 18.2. The van der Waals surface area contributed by atoms with Crippen LogP contribution in [0.15, 0.2) is 47.7 Å². The van der Waals surface area contributed by atoms with Gasteiger partial charge in [-0.3, -0.25) is 4.90 Å². The number of hydrogen-bond donors (Lipinski definition) is 3. The van der Waals surface area contributed by atoms with Gasteiger partial charge in [-0.2, -0.15) is 23.3 Å². The second kappa shape index (κ2) is 12.2. The lowest BCUT2D eigenvalue weighted by molar-refractivity contribution is -0.137. The zero-order valence-electron chi connectivity index (χ0n) is 20.7. The molecule has 1 aliphatic rings. The second-order valence-corrected chi connectivity index (χ2v) is 10.7.